The van der Waals surface area contributed by atoms with Crippen LogP contribution < -0.4 is 14.4 Å². The van der Waals surface area contributed by atoms with E-state index in [2.05, 4.69) is 21.2 Å². The molecule has 1 amide bonds. The van der Waals surface area contributed by atoms with E-state index in [0.29, 0.717) is 27.9 Å². The Hall–Kier alpha value is -2.89. The average Bonchev–Trinajstić information content (AvgIpc) is 2.86. The minimum atomic E-state index is -4.12. The lowest BCUT2D eigenvalue weighted by atomic mass is 10.0. The summed E-state index contributed by atoms with van der Waals surface area (Å²) in [6.07, 6.45) is 1.65. The van der Waals surface area contributed by atoms with Crippen LogP contribution in [0, 0.1) is 6.92 Å². The number of halogens is 1. The van der Waals surface area contributed by atoms with Gasteiger partial charge in [-0.05, 0) is 77.3 Å². The minimum absolute atomic E-state index is 0.00282. The number of hydrogen-bond acceptors (Lipinski definition) is 6. The van der Waals surface area contributed by atoms with Crippen LogP contribution in [0.4, 0.5) is 5.69 Å². The number of nitrogens with one attached hydrogen (secondary N) is 1. The van der Waals surface area contributed by atoms with E-state index in [9.17, 15) is 21.6 Å². The van der Waals surface area contributed by atoms with Gasteiger partial charge >= 0.3 is 0 Å². The van der Waals surface area contributed by atoms with Crippen molar-refractivity contribution in [1.29, 1.82) is 0 Å². The standard InChI is InChI=1S/C26H29BrN2O6S2/c1-5-24(19-8-12-21(13-9-19)36(4,31)32)28-26(30)17-29(20-10-6-18(2)7-11-20)37(33,34)22-14-15-25(35-3)23(27)16-22/h6-16,24H,5,17H2,1-4H3,(H,28,30). The Balaban J connectivity index is 1.91. The van der Waals surface area contributed by atoms with Gasteiger partial charge in [0.1, 0.15) is 12.3 Å². The molecule has 0 saturated carbocycles. The van der Waals surface area contributed by atoms with Crippen molar-refractivity contribution in [1.82, 2.24) is 5.32 Å². The van der Waals surface area contributed by atoms with Crippen molar-refractivity contribution >= 4 is 47.4 Å². The smallest absolute Gasteiger partial charge is 0.264 e. The monoisotopic (exact) mass is 608 g/mol. The second-order valence-electron chi connectivity index (χ2n) is 8.51. The molecule has 37 heavy (non-hydrogen) atoms. The molecule has 1 unspecified atom stereocenters. The average molecular weight is 610 g/mol. The van der Waals surface area contributed by atoms with E-state index in [1.165, 1.54) is 37.4 Å². The van der Waals surface area contributed by atoms with E-state index in [-0.39, 0.29) is 9.79 Å². The number of ether oxygens (including phenoxy) is 1. The Morgan fingerprint density at radius 3 is 2.08 bits per heavy atom. The van der Waals surface area contributed by atoms with Gasteiger partial charge in [0, 0.05) is 6.26 Å². The van der Waals surface area contributed by atoms with Gasteiger partial charge in [-0.1, -0.05) is 36.8 Å². The highest BCUT2D eigenvalue weighted by atomic mass is 79.9. The maximum atomic E-state index is 13.7. The Morgan fingerprint density at radius 1 is 0.973 bits per heavy atom. The van der Waals surface area contributed by atoms with Crippen LogP contribution in [0.3, 0.4) is 0 Å². The third kappa shape index (κ3) is 6.91. The van der Waals surface area contributed by atoms with Crippen molar-refractivity contribution in [2.75, 3.05) is 24.2 Å². The molecular formula is C26H29BrN2O6S2. The predicted molar refractivity (Wildman–Crippen MR) is 147 cm³/mol. The molecular weight excluding hydrogens is 580 g/mol. The van der Waals surface area contributed by atoms with Crippen LogP contribution in [0.5, 0.6) is 5.75 Å². The van der Waals surface area contributed by atoms with Crippen molar-refractivity contribution in [3.05, 3.63) is 82.3 Å². The molecule has 1 atom stereocenters. The van der Waals surface area contributed by atoms with Crippen molar-refractivity contribution in [2.24, 2.45) is 0 Å². The van der Waals surface area contributed by atoms with E-state index in [4.69, 9.17) is 4.74 Å². The Labute approximate surface area is 226 Å². The number of aryl methyl sites for hydroxylation is 1. The summed E-state index contributed by atoms with van der Waals surface area (Å²) in [7, 11) is -5.98. The second-order valence-corrected chi connectivity index (χ2v) is 13.2. The zero-order valence-corrected chi connectivity index (χ0v) is 24.2. The van der Waals surface area contributed by atoms with Gasteiger partial charge in [0.25, 0.3) is 10.0 Å². The lowest BCUT2D eigenvalue weighted by molar-refractivity contribution is -0.120. The Bertz CT molecular complexity index is 1470. The quantitative estimate of drug-likeness (QED) is 0.359. The summed E-state index contributed by atoms with van der Waals surface area (Å²) in [6, 6.07) is 17.1. The summed E-state index contributed by atoms with van der Waals surface area (Å²) < 4.78 is 57.6. The van der Waals surface area contributed by atoms with Crippen LogP contribution in [-0.4, -0.2) is 42.7 Å². The molecule has 0 fully saturated rings. The number of carbonyl (C=O) groups is 1. The maximum absolute atomic E-state index is 13.7. The van der Waals surface area contributed by atoms with Crippen molar-refractivity contribution in [3.8, 4) is 5.75 Å². The maximum Gasteiger partial charge on any atom is 0.264 e. The van der Waals surface area contributed by atoms with E-state index in [1.54, 1.807) is 36.4 Å². The van der Waals surface area contributed by atoms with Crippen molar-refractivity contribution in [2.45, 2.75) is 36.1 Å². The van der Waals surface area contributed by atoms with Crippen LogP contribution in [0.2, 0.25) is 0 Å². The highest BCUT2D eigenvalue weighted by Crippen LogP contribution is 2.31. The van der Waals surface area contributed by atoms with Crippen LogP contribution >= 0.6 is 15.9 Å². The number of sulfone groups is 1. The highest BCUT2D eigenvalue weighted by molar-refractivity contribution is 9.10. The first kappa shape index (κ1) is 28.7. The molecule has 198 valence electrons. The van der Waals surface area contributed by atoms with Gasteiger partial charge in [0.05, 0.1) is 33.1 Å². The first-order valence-electron chi connectivity index (χ1n) is 11.4. The summed E-state index contributed by atoms with van der Waals surface area (Å²) in [5.74, 6) is -0.0259. The van der Waals surface area contributed by atoms with Crippen LogP contribution in [0.1, 0.15) is 30.5 Å². The molecule has 8 nitrogen and oxygen atoms in total. The normalized spacial score (nSPS) is 12.6. The van der Waals surface area contributed by atoms with E-state index < -0.39 is 38.4 Å². The topological polar surface area (TPSA) is 110 Å². The number of carbonyl (C=O) groups excluding carboxylic acids is 1. The van der Waals surface area contributed by atoms with Crippen molar-refractivity contribution < 1.29 is 26.4 Å². The van der Waals surface area contributed by atoms with Gasteiger partial charge in [-0.25, -0.2) is 16.8 Å². The molecule has 0 spiro atoms. The SMILES string of the molecule is CCC(NC(=O)CN(c1ccc(C)cc1)S(=O)(=O)c1ccc(OC)c(Br)c1)c1ccc(S(C)(=O)=O)cc1. The van der Waals surface area contributed by atoms with Crippen LogP contribution in [0.25, 0.3) is 0 Å². The van der Waals surface area contributed by atoms with Crippen LogP contribution in [-0.2, 0) is 24.7 Å². The first-order chi connectivity index (χ1) is 17.4. The Kier molecular flexibility index (Phi) is 9.04. The van der Waals surface area contributed by atoms with Gasteiger partial charge in [0.2, 0.25) is 5.91 Å². The van der Waals surface area contributed by atoms with Gasteiger partial charge in [0.15, 0.2) is 9.84 Å². The summed E-state index contributed by atoms with van der Waals surface area (Å²) in [4.78, 5) is 13.3. The van der Waals surface area contributed by atoms with Gasteiger partial charge in [-0.15, -0.1) is 0 Å². The molecule has 3 rings (SSSR count). The molecule has 3 aromatic rings. The fourth-order valence-corrected chi connectivity index (χ4v) is 6.47. The number of methoxy groups -OCH3 is 1. The van der Waals surface area contributed by atoms with Gasteiger partial charge in [-0.3, -0.25) is 9.10 Å². The van der Waals surface area contributed by atoms with E-state index in [1.807, 2.05) is 13.8 Å². The zero-order chi connectivity index (χ0) is 27.4. The molecule has 0 aliphatic carbocycles. The van der Waals surface area contributed by atoms with Crippen LogP contribution in [0.15, 0.2) is 81.0 Å². The number of sulfonamides is 1. The van der Waals surface area contributed by atoms with Crippen molar-refractivity contribution in [3.63, 3.8) is 0 Å². The summed E-state index contributed by atoms with van der Waals surface area (Å²) in [5.41, 5.74) is 2.01. The number of benzene rings is 3. The molecule has 11 heteroatoms. The lowest BCUT2D eigenvalue weighted by Crippen LogP contribution is -2.42. The fourth-order valence-electron chi connectivity index (χ4n) is 3.70. The molecule has 0 saturated heterocycles. The molecule has 0 radical (unpaired) electrons. The molecule has 0 heterocycles. The molecule has 0 aliphatic heterocycles. The number of nitrogens with zero attached hydrogens (tertiary/aromatic N) is 1. The lowest BCUT2D eigenvalue weighted by Gasteiger charge is -2.26. The highest BCUT2D eigenvalue weighted by Gasteiger charge is 2.29. The van der Waals surface area contributed by atoms with Gasteiger partial charge in [-0.2, -0.15) is 0 Å². The molecule has 0 aliphatic rings. The van der Waals surface area contributed by atoms with E-state index >= 15 is 0 Å². The summed E-state index contributed by atoms with van der Waals surface area (Å²) >= 11 is 3.33. The first-order valence-corrected chi connectivity index (χ1v) is 15.5. The van der Waals surface area contributed by atoms with Gasteiger partial charge < -0.3 is 10.1 Å². The third-order valence-corrected chi connectivity index (χ3v) is 9.29. The Morgan fingerprint density at radius 2 is 1.57 bits per heavy atom. The predicted octanol–water partition coefficient (Wildman–Crippen LogP) is 4.63. The van der Waals surface area contributed by atoms with E-state index in [0.717, 1.165) is 16.1 Å². The number of anilines is 1. The number of rotatable bonds is 10. The number of hydrogen-bond donors (Lipinski definition) is 1. The summed E-state index contributed by atoms with van der Waals surface area (Å²) in [6.45, 7) is 3.31. The molecule has 0 aromatic heterocycles. The second kappa shape index (κ2) is 11.7. The molecule has 3 aromatic carbocycles. The summed E-state index contributed by atoms with van der Waals surface area (Å²) in [5, 5.41) is 2.88. The number of amides is 1. The molecule has 0 bridgehead atoms. The minimum Gasteiger partial charge on any atom is -0.496 e. The third-order valence-electron chi connectivity index (χ3n) is 5.77. The largest absolute Gasteiger partial charge is 0.496 e. The zero-order valence-electron chi connectivity index (χ0n) is 20.9. The fraction of sp³-hybridized carbons (Fsp3) is 0.269. The molecule has 1 N–H and O–H groups in total.